The molecule has 0 aliphatic rings. The average molecular weight is 354 g/mol. The molecule has 1 rings (SSSR count). The molecule has 0 aromatic heterocycles. The molecule has 0 aliphatic heterocycles. The van der Waals surface area contributed by atoms with E-state index in [0.29, 0.717) is 10.6 Å². The quantitative estimate of drug-likeness (QED) is 0.487. The fourth-order valence-corrected chi connectivity index (χ4v) is 2.22. The molecule has 7 nitrogen and oxygen atoms in total. The number of ether oxygens (including phenoxy) is 1. The highest BCUT2D eigenvalue weighted by Crippen LogP contribution is 2.25. The Morgan fingerprint density at radius 3 is 2.62 bits per heavy atom. The molecule has 0 aliphatic carbocycles. The highest BCUT2D eigenvalue weighted by Gasteiger charge is 2.23. The first-order valence-corrected chi connectivity index (χ1v) is 7.61. The van der Waals surface area contributed by atoms with Gasteiger partial charge in [-0.25, -0.2) is 4.79 Å². The summed E-state index contributed by atoms with van der Waals surface area (Å²) in [4.78, 5) is 34.9. The molecule has 3 amide bonds. The maximum atomic E-state index is 12.1. The number of halogens is 1. The van der Waals surface area contributed by atoms with Gasteiger partial charge in [-0.1, -0.05) is 35.9 Å². The van der Waals surface area contributed by atoms with Gasteiger partial charge in [0.05, 0.1) is 12.5 Å². The van der Waals surface area contributed by atoms with Gasteiger partial charge in [-0.05, 0) is 18.6 Å². The molecule has 0 bridgehead atoms. The predicted molar refractivity (Wildman–Crippen MR) is 90.3 cm³/mol. The Hall–Kier alpha value is -2.54. The second-order valence-electron chi connectivity index (χ2n) is 4.95. The normalized spacial score (nSPS) is 12.6. The number of carbonyl (C=O) groups is 3. The summed E-state index contributed by atoms with van der Waals surface area (Å²) in [5, 5.41) is 5.34. The van der Waals surface area contributed by atoms with E-state index in [9.17, 15) is 14.4 Å². The van der Waals surface area contributed by atoms with E-state index in [1.165, 1.54) is 13.0 Å². The van der Waals surface area contributed by atoms with Crippen LogP contribution in [0, 0.1) is 0 Å². The molecular weight excluding hydrogens is 334 g/mol. The van der Waals surface area contributed by atoms with Crippen LogP contribution in [-0.4, -0.2) is 30.6 Å². The van der Waals surface area contributed by atoms with Crippen LogP contribution >= 0.6 is 11.6 Å². The Labute approximate surface area is 145 Å². The van der Waals surface area contributed by atoms with Gasteiger partial charge in [0.1, 0.15) is 0 Å². The van der Waals surface area contributed by atoms with Gasteiger partial charge in [0.2, 0.25) is 0 Å². The fraction of sp³-hybridized carbons (Fsp3) is 0.312. The summed E-state index contributed by atoms with van der Waals surface area (Å²) in [6.07, 6.45) is 0.320. The minimum Gasteiger partial charge on any atom is -0.452 e. The van der Waals surface area contributed by atoms with Crippen molar-refractivity contribution in [2.45, 2.75) is 25.5 Å². The second kappa shape index (κ2) is 9.57. The van der Waals surface area contributed by atoms with Crippen molar-refractivity contribution in [3.63, 3.8) is 0 Å². The molecule has 2 atom stereocenters. The van der Waals surface area contributed by atoms with Gasteiger partial charge in [-0.3, -0.25) is 9.59 Å². The number of rotatable bonds is 8. The number of hydrogen-bond acceptors (Lipinski definition) is 4. The molecule has 0 saturated heterocycles. The second-order valence-corrected chi connectivity index (χ2v) is 5.36. The summed E-state index contributed by atoms with van der Waals surface area (Å²) in [5.74, 6) is -1.12. The van der Waals surface area contributed by atoms with Crippen molar-refractivity contribution in [1.82, 2.24) is 10.6 Å². The number of esters is 1. The third-order valence-electron chi connectivity index (χ3n) is 3.07. The van der Waals surface area contributed by atoms with E-state index in [2.05, 4.69) is 17.2 Å². The van der Waals surface area contributed by atoms with E-state index in [1.807, 2.05) is 0 Å². The molecule has 0 radical (unpaired) electrons. The molecule has 1 aromatic rings. The topological polar surface area (TPSA) is 111 Å². The van der Waals surface area contributed by atoms with Crippen LogP contribution < -0.4 is 16.4 Å². The number of amides is 3. The van der Waals surface area contributed by atoms with Crippen LogP contribution in [0.1, 0.15) is 24.9 Å². The van der Waals surface area contributed by atoms with Gasteiger partial charge in [0, 0.05) is 11.6 Å². The van der Waals surface area contributed by atoms with Crippen molar-refractivity contribution in [1.29, 1.82) is 0 Å². The summed E-state index contributed by atoms with van der Waals surface area (Å²) >= 11 is 6.08. The van der Waals surface area contributed by atoms with Crippen LogP contribution in [-0.2, 0) is 14.3 Å². The van der Waals surface area contributed by atoms with Crippen molar-refractivity contribution < 1.29 is 19.1 Å². The molecule has 8 heteroatoms. The molecular formula is C16H20ClN3O4. The lowest BCUT2D eigenvalue weighted by atomic mass is 10.0. The summed E-state index contributed by atoms with van der Waals surface area (Å²) in [6, 6.07) is 5.17. The molecule has 0 saturated carbocycles. The Morgan fingerprint density at radius 2 is 2.04 bits per heavy atom. The number of nitrogens with one attached hydrogen (secondary N) is 2. The van der Waals surface area contributed by atoms with Gasteiger partial charge in [0.15, 0.2) is 6.10 Å². The van der Waals surface area contributed by atoms with Gasteiger partial charge in [0.25, 0.3) is 5.91 Å². The van der Waals surface area contributed by atoms with Crippen molar-refractivity contribution in [3.05, 3.63) is 47.5 Å². The van der Waals surface area contributed by atoms with E-state index in [0.717, 1.165) is 0 Å². The largest absolute Gasteiger partial charge is 0.452 e. The molecule has 4 N–H and O–H groups in total. The van der Waals surface area contributed by atoms with Gasteiger partial charge in [-0.15, -0.1) is 6.58 Å². The first-order valence-electron chi connectivity index (χ1n) is 7.23. The molecule has 130 valence electrons. The van der Waals surface area contributed by atoms with Crippen LogP contribution in [0.4, 0.5) is 4.79 Å². The van der Waals surface area contributed by atoms with Crippen molar-refractivity contribution in [3.8, 4) is 0 Å². The monoisotopic (exact) mass is 353 g/mol. The molecule has 0 unspecified atom stereocenters. The number of primary amides is 1. The number of carbonyl (C=O) groups excluding carboxylic acids is 3. The number of hydrogen-bond donors (Lipinski definition) is 3. The van der Waals surface area contributed by atoms with Gasteiger partial charge >= 0.3 is 12.0 Å². The molecule has 0 fully saturated rings. The van der Waals surface area contributed by atoms with E-state index >= 15 is 0 Å². The fourth-order valence-electron chi connectivity index (χ4n) is 1.95. The van der Waals surface area contributed by atoms with Crippen molar-refractivity contribution in [2.75, 3.05) is 6.54 Å². The third kappa shape index (κ3) is 6.29. The SMILES string of the molecule is C=CCNC(=O)[C@H](C)OC(=O)C[C@@H](NC(N)=O)c1ccccc1Cl. The Kier molecular flexibility index (Phi) is 7.77. The summed E-state index contributed by atoms with van der Waals surface area (Å²) < 4.78 is 5.06. The maximum absolute atomic E-state index is 12.1. The zero-order chi connectivity index (χ0) is 18.1. The van der Waals surface area contributed by atoms with Crippen LogP contribution in [0.5, 0.6) is 0 Å². The van der Waals surface area contributed by atoms with Crippen LogP contribution in [0.2, 0.25) is 5.02 Å². The lowest BCUT2D eigenvalue weighted by Gasteiger charge is -2.20. The molecule has 24 heavy (non-hydrogen) atoms. The lowest BCUT2D eigenvalue weighted by molar-refractivity contribution is -0.155. The van der Waals surface area contributed by atoms with Crippen molar-refractivity contribution >= 4 is 29.5 Å². The lowest BCUT2D eigenvalue weighted by Crippen LogP contribution is -2.38. The van der Waals surface area contributed by atoms with Crippen LogP contribution in [0.25, 0.3) is 0 Å². The van der Waals surface area contributed by atoms with Crippen LogP contribution in [0.15, 0.2) is 36.9 Å². The number of urea groups is 1. The molecule has 0 heterocycles. The first kappa shape index (κ1) is 19.5. The zero-order valence-corrected chi connectivity index (χ0v) is 14.0. The average Bonchev–Trinajstić information content (AvgIpc) is 2.51. The van der Waals surface area contributed by atoms with Crippen LogP contribution in [0.3, 0.4) is 0 Å². The summed E-state index contributed by atoms with van der Waals surface area (Å²) in [5.41, 5.74) is 5.67. The first-order chi connectivity index (χ1) is 11.3. The summed E-state index contributed by atoms with van der Waals surface area (Å²) in [6.45, 7) is 5.19. The standard InChI is InChI=1S/C16H20ClN3O4/c1-3-8-19-15(22)10(2)24-14(21)9-13(20-16(18)23)11-6-4-5-7-12(11)17/h3-7,10,13H,1,8-9H2,2H3,(H,19,22)(H3,18,20,23)/t10-,13+/m0/s1. The predicted octanol–water partition coefficient (Wildman–Crippen LogP) is 1.67. The van der Waals surface area contributed by atoms with Crippen molar-refractivity contribution in [2.24, 2.45) is 5.73 Å². The molecule has 0 spiro atoms. The summed E-state index contributed by atoms with van der Waals surface area (Å²) in [7, 11) is 0. The van der Waals surface area contributed by atoms with Gasteiger partial charge < -0.3 is 21.1 Å². The van der Waals surface area contributed by atoms with E-state index in [-0.39, 0.29) is 13.0 Å². The Balaban J connectivity index is 2.75. The smallest absolute Gasteiger partial charge is 0.312 e. The number of nitrogens with two attached hydrogens (primary N) is 1. The third-order valence-corrected chi connectivity index (χ3v) is 3.41. The van der Waals surface area contributed by atoms with Gasteiger partial charge in [-0.2, -0.15) is 0 Å². The minimum absolute atomic E-state index is 0.217. The van der Waals surface area contributed by atoms with E-state index in [4.69, 9.17) is 22.1 Å². The minimum atomic E-state index is -0.974. The Bertz CT molecular complexity index is 621. The highest BCUT2D eigenvalue weighted by molar-refractivity contribution is 6.31. The Morgan fingerprint density at radius 1 is 1.38 bits per heavy atom. The number of benzene rings is 1. The molecule has 1 aromatic carbocycles. The zero-order valence-electron chi connectivity index (χ0n) is 13.3. The van der Waals surface area contributed by atoms with E-state index in [1.54, 1.807) is 24.3 Å². The highest BCUT2D eigenvalue weighted by atomic mass is 35.5. The maximum Gasteiger partial charge on any atom is 0.312 e. The van der Waals surface area contributed by atoms with E-state index < -0.39 is 30.1 Å².